The SMILES string of the molecule is Cc1ccc([C@@H](C)NC(=O)[C@H]2COc3ccccc3O2)cc1C. The Morgan fingerprint density at radius 1 is 1.13 bits per heavy atom. The predicted molar refractivity (Wildman–Crippen MR) is 88.8 cm³/mol. The molecule has 120 valence electrons. The standard InChI is InChI=1S/C19H21NO3/c1-12-8-9-15(10-13(12)2)14(3)20-19(21)18-11-22-16-6-4-5-7-17(16)23-18/h4-10,14,18H,11H2,1-3H3,(H,20,21)/t14-,18-/m1/s1. The third-order valence-corrected chi connectivity index (χ3v) is 4.19. The van der Waals surface area contributed by atoms with Crippen molar-refractivity contribution in [2.24, 2.45) is 0 Å². The van der Waals surface area contributed by atoms with E-state index >= 15 is 0 Å². The van der Waals surface area contributed by atoms with Crippen LogP contribution in [0.4, 0.5) is 0 Å². The van der Waals surface area contributed by atoms with Gasteiger partial charge in [0.1, 0.15) is 6.61 Å². The third kappa shape index (κ3) is 3.31. The number of amides is 1. The molecule has 0 aromatic heterocycles. The summed E-state index contributed by atoms with van der Waals surface area (Å²) in [5.41, 5.74) is 3.54. The Kier molecular flexibility index (Phi) is 4.24. The van der Waals surface area contributed by atoms with Crippen LogP contribution in [0.25, 0.3) is 0 Å². The van der Waals surface area contributed by atoms with Crippen molar-refractivity contribution in [1.82, 2.24) is 5.32 Å². The van der Waals surface area contributed by atoms with Crippen molar-refractivity contribution >= 4 is 5.91 Å². The van der Waals surface area contributed by atoms with Crippen LogP contribution in [0.15, 0.2) is 42.5 Å². The topological polar surface area (TPSA) is 47.6 Å². The minimum atomic E-state index is -0.626. The molecule has 4 heteroatoms. The fourth-order valence-corrected chi connectivity index (χ4v) is 2.57. The Bertz CT molecular complexity index is 726. The molecule has 1 aliphatic rings. The molecular weight excluding hydrogens is 290 g/mol. The van der Waals surface area contributed by atoms with Gasteiger partial charge in [-0.3, -0.25) is 4.79 Å². The van der Waals surface area contributed by atoms with Crippen molar-refractivity contribution < 1.29 is 14.3 Å². The van der Waals surface area contributed by atoms with Gasteiger partial charge in [-0.2, -0.15) is 0 Å². The number of rotatable bonds is 3. The number of hydrogen-bond acceptors (Lipinski definition) is 3. The van der Waals surface area contributed by atoms with E-state index in [4.69, 9.17) is 9.47 Å². The first-order valence-corrected chi connectivity index (χ1v) is 7.80. The largest absolute Gasteiger partial charge is 0.485 e. The monoisotopic (exact) mass is 311 g/mol. The summed E-state index contributed by atoms with van der Waals surface area (Å²) in [6.45, 7) is 6.34. The van der Waals surface area contributed by atoms with Gasteiger partial charge in [0.2, 0.25) is 6.10 Å². The molecule has 1 amide bonds. The molecule has 2 aromatic rings. The second kappa shape index (κ2) is 6.32. The number of nitrogens with one attached hydrogen (secondary N) is 1. The average Bonchev–Trinajstić information content (AvgIpc) is 2.56. The lowest BCUT2D eigenvalue weighted by atomic mass is 10.0. The van der Waals surface area contributed by atoms with E-state index in [-0.39, 0.29) is 18.6 Å². The zero-order chi connectivity index (χ0) is 16.4. The summed E-state index contributed by atoms with van der Waals surface area (Å²) < 4.78 is 11.3. The number of hydrogen-bond donors (Lipinski definition) is 1. The molecule has 4 nitrogen and oxygen atoms in total. The zero-order valence-corrected chi connectivity index (χ0v) is 13.6. The second-order valence-electron chi connectivity index (χ2n) is 5.94. The van der Waals surface area contributed by atoms with Gasteiger partial charge in [0, 0.05) is 0 Å². The van der Waals surface area contributed by atoms with Crippen LogP contribution in [0, 0.1) is 13.8 Å². The van der Waals surface area contributed by atoms with Crippen molar-refractivity contribution in [2.45, 2.75) is 32.9 Å². The molecule has 0 saturated heterocycles. The highest BCUT2D eigenvalue weighted by molar-refractivity contribution is 5.82. The summed E-state index contributed by atoms with van der Waals surface area (Å²) >= 11 is 0. The zero-order valence-electron chi connectivity index (χ0n) is 13.6. The van der Waals surface area contributed by atoms with Gasteiger partial charge in [-0.05, 0) is 49.6 Å². The Morgan fingerprint density at radius 2 is 1.87 bits per heavy atom. The molecule has 0 spiro atoms. The fourth-order valence-electron chi connectivity index (χ4n) is 2.57. The summed E-state index contributed by atoms with van der Waals surface area (Å²) in [7, 11) is 0. The Labute approximate surface area is 136 Å². The number of carbonyl (C=O) groups excluding carboxylic acids is 1. The first-order chi connectivity index (χ1) is 11.0. The minimum absolute atomic E-state index is 0.0810. The van der Waals surface area contributed by atoms with Crippen LogP contribution >= 0.6 is 0 Å². The Balaban J connectivity index is 1.66. The van der Waals surface area contributed by atoms with E-state index < -0.39 is 6.10 Å². The number of aryl methyl sites for hydroxylation is 2. The molecule has 0 unspecified atom stereocenters. The van der Waals surface area contributed by atoms with Crippen LogP contribution in [0.1, 0.15) is 29.7 Å². The van der Waals surface area contributed by atoms with Crippen molar-refractivity contribution in [3.8, 4) is 11.5 Å². The van der Waals surface area contributed by atoms with E-state index in [2.05, 4.69) is 31.3 Å². The van der Waals surface area contributed by atoms with Gasteiger partial charge in [-0.15, -0.1) is 0 Å². The summed E-state index contributed by atoms with van der Waals surface area (Å²) in [5.74, 6) is 1.13. The number of fused-ring (bicyclic) bond motifs is 1. The van der Waals surface area contributed by atoms with Crippen LogP contribution in [-0.4, -0.2) is 18.6 Å². The number of ether oxygens (including phenoxy) is 2. The second-order valence-corrected chi connectivity index (χ2v) is 5.94. The normalized spacial score (nSPS) is 17.4. The van der Waals surface area contributed by atoms with Gasteiger partial charge >= 0.3 is 0 Å². The van der Waals surface area contributed by atoms with Gasteiger partial charge in [0.05, 0.1) is 6.04 Å². The Morgan fingerprint density at radius 3 is 2.61 bits per heavy atom. The van der Waals surface area contributed by atoms with Crippen LogP contribution in [-0.2, 0) is 4.79 Å². The van der Waals surface area contributed by atoms with E-state index in [0.29, 0.717) is 11.5 Å². The molecule has 2 atom stereocenters. The Hall–Kier alpha value is -2.49. The number of para-hydroxylation sites is 2. The molecule has 23 heavy (non-hydrogen) atoms. The molecule has 1 N–H and O–H groups in total. The van der Waals surface area contributed by atoms with E-state index in [1.807, 2.05) is 37.3 Å². The van der Waals surface area contributed by atoms with Gasteiger partial charge in [-0.1, -0.05) is 30.3 Å². The molecule has 0 aliphatic carbocycles. The highest BCUT2D eigenvalue weighted by atomic mass is 16.6. The van der Waals surface area contributed by atoms with Crippen molar-refractivity contribution in [3.63, 3.8) is 0 Å². The lowest BCUT2D eigenvalue weighted by molar-refractivity contribution is -0.131. The van der Waals surface area contributed by atoms with Gasteiger partial charge < -0.3 is 14.8 Å². The molecule has 3 rings (SSSR count). The lowest BCUT2D eigenvalue weighted by Crippen LogP contribution is -2.44. The quantitative estimate of drug-likeness (QED) is 0.946. The summed E-state index contributed by atoms with van der Waals surface area (Å²) in [6.07, 6.45) is -0.626. The summed E-state index contributed by atoms with van der Waals surface area (Å²) in [4.78, 5) is 12.4. The van der Waals surface area contributed by atoms with Crippen molar-refractivity contribution in [3.05, 3.63) is 59.2 Å². The summed E-state index contributed by atoms with van der Waals surface area (Å²) in [6, 6.07) is 13.5. The maximum absolute atomic E-state index is 12.4. The molecule has 0 bridgehead atoms. The fraction of sp³-hybridized carbons (Fsp3) is 0.316. The number of benzene rings is 2. The maximum atomic E-state index is 12.4. The molecular formula is C19H21NO3. The molecule has 0 fully saturated rings. The molecule has 2 aromatic carbocycles. The van der Waals surface area contributed by atoms with Crippen molar-refractivity contribution in [1.29, 1.82) is 0 Å². The van der Waals surface area contributed by atoms with Gasteiger partial charge in [0.15, 0.2) is 11.5 Å². The van der Waals surface area contributed by atoms with Gasteiger partial charge in [0.25, 0.3) is 5.91 Å². The molecule has 0 radical (unpaired) electrons. The van der Waals surface area contributed by atoms with E-state index in [0.717, 1.165) is 5.56 Å². The van der Waals surface area contributed by atoms with E-state index in [9.17, 15) is 4.79 Å². The van der Waals surface area contributed by atoms with Gasteiger partial charge in [-0.25, -0.2) is 0 Å². The summed E-state index contributed by atoms with van der Waals surface area (Å²) in [5, 5.41) is 3.00. The highest BCUT2D eigenvalue weighted by Crippen LogP contribution is 2.31. The molecule has 0 saturated carbocycles. The molecule has 1 heterocycles. The maximum Gasteiger partial charge on any atom is 0.265 e. The first-order valence-electron chi connectivity index (χ1n) is 7.80. The average molecular weight is 311 g/mol. The first kappa shape index (κ1) is 15.4. The smallest absolute Gasteiger partial charge is 0.265 e. The highest BCUT2D eigenvalue weighted by Gasteiger charge is 2.28. The molecule has 1 aliphatic heterocycles. The minimum Gasteiger partial charge on any atom is -0.485 e. The number of carbonyl (C=O) groups is 1. The lowest BCUT2D eigenvalue weighted by Gasteiger charge is -2.27. The van der Waals surface area contributed by atoms with Crippen LogP contribution in [0.2, 0.25) is 0 Å². The van der Waals surface area contributed by atoms with Crippen LogP contribution < -0.4 is 14.8 Å². The third-order valence-electron chi connectivity index (χ3n) is 4.19. The van der Waals surface area contributed by atoms with E-state index in [1.54, 1.807) is 0 Å². The van der Waals surface area contributed by atoms with E-state index in [1.165, 1.54) is 11.1 Å². The van der Waals surface area contributed by atoms with Crippen LogP contribution in [0.3, 0.4) is 0 Å². The van der Waals surface area contributed by atoms with Crippen LogP contribution in [0.5, 0.6) is 11.5 Å². The predicted octanol–water partition coefficient (Wildman–Crippen LogP) is 3.32. The van der Waals surface area contributed by atoms with Crippen molar-refractivity contribution in [2.75, 3.05) is 6.61 Å².